The van der Waals surface area contributed by atoms with Gasteiger partial charge in [0.05, 0.1) is 0 Å². The van der Waals surface area contributed by atoms with Gasteiger partial charge in [0, 0.05) is 21.1 Å². The van der Waals surface area contributed by atoms with Gasteiger partial charge < -0.3 is 4.90 Å². The summed E-state index contributed by atoms with van der Waals surface area (Å²) >= 11 is 0. The molecule has 0 atom stereocenters. The van der Waals surface area contributed by atoms with Crippen LogP contribution in [0.1, 0.15) is 6.92 Å². The molecule has 0 spiro atoms. The Morgan fingerprint density at radius 2 is 1.83 bits per heavy atom. The Hall–Kier alpha value is 0.648. The molecule has 0 rings (SSSR count). The van der Waals surface area contributed by atoms with E-state index in [1.165, 1.54) is 0 Å². The van der Waals surface area contributed by atoms with Crippen molar-refractivity contribution in [1.29, 1.82) is 0 Å². The van der Waals surface area contributed by atoms with Crippen molar-refractivity contribution in [3.63, 3.8) is 0 Å². The van der Waals surface area contributed by atoms with Crippen LogP contribution >= 0.6 is 0 Å². The first-order valence-electron chi connectivity index (χ1n) is 1.79. The predicted molar refractivity (Wildman–Crippen MR) is 23.7 cm³/mol. The number of hydrogen-bond donors (Lipinski definition) is 0. The Morgan fingerprint density at radius 3 is 1.83 bits per heavy atom. The molecule has 0 heterocycles. The molecule has 0 aliphatic rings. The Labute approximate surface area is 54.0 Å². The average Bonchev–Trinajstić information content (AvgIpc) is 1.38. The maximum absolute atomic E-state index is 3.59. The zero-order valence-corrected chi connectivity index (χ0v) is 7.20. The van der Waals surface area contributed by atoms with E-state index in [1.54, 1.807) is 0 Å². The Kier molecular flexibility index (Phi) is 9.24. The molecule has 0 aromatic carbocycles. The first-order valence-corrected chi connectivity index (χ1v) is 1.79. The van der Waals surface area contributed by atoms with Crippen molar-refractivity contribution in [3.8, 4) is 0 Å². The molecule has 0 fully saturated rings. The summed E-state index contributed by atoms with van der Waals surface area (Å²) in [5.41, 5.74) is 0. The van der Waals surface area contributed by atoms with Gasteiger partial charge in [0.1, 0.15) is 0 Å². The van der Waals surface area contributed by atoms with Gasteiger partial charge in [-0.15, -0.1) is 0 Å². The van der Waals surface area contributed by atoms with Crippen molar-refractivity contribution in [1.82, 2.24) is 4.90 Å². The van der Waals surface area contributed by atoms with Gasteiger partial charge in [-0.25, -0.2) is 0 Å². The molecule has 0 aromatic heterocycles. The van der Waals surface area contributed by atoms with Gasteiger partial charge in [-0.2, -0.15) is 0 Å². The minimum Gasteiger partial charge on any atom is -0.462 e. The number of nitrogens with zero attached hydrogens (tertiary/aromatic N) is 1. The molecule has 0 bridgehead atoms. The second kappa shape index (κ2) is 5.65. The Bertz CT molecular complexity index is 21.5. The van der Waals surface area contributed by atoms with Gasteiger partial charge in [0.25, 0.3) is 0 Å². The normalized spacial score (nSPS) is 8.00. The minimum absolute atomic E-state index is 0. The molecule has 6 heavy (non-hydrogen) atoms. The summed E-state index contributed by atoms with van der Waals surface area (Å²) in [7, 11) is 5.53. The SMILES string of the molecule is [CH2-]N(C)CC.[W]. The maximum atomic E-state index is 3.59. The van der Waals surface area contributed by atoms with Crippen LogP contribution in [-0.4, -0.2) is 18.5 Å². The largest absolute Gasteiger partial charge is 0.462 e. The first kappa shape index (κ1) is 9.82. The fraction of sp³-hybridized carbons (Fsp3) is 0.750. The first-order chi connectivity index (χ1) is 2.27. The van der Waals surface area contributed by atoms with E-state index in [0.717, 1.165) is 6.54 Å². The summed E-state index contributed by atoms with van der Waals surface area (Å²) < 4.78 is 0. The van der Waals surface area contributed by atoms with Crippen LogP contribution < -0.4 is 0 Å². The van der Waals surface area contributed by atoms with Crippen LogP contribution in [0.5, 0.6) is 0 Å². The molecule has 0 aliphatic heterocycles. The molecule has 0 saturated carbocycles. The standard InChI is InChI=1S/C4H10N.W/c1-4-5(2)3;/h2,4H2,1,3H3;/q-1;. The van der Waals surface area contributed by atoms with Crippen LogP contribution in [0.15, 0.2) is 0 Å². The summed E-state index contributed by atoms with van der Waals surface area (Å²) in [4.78, 5) is 1.88. The number of hydrogen-bond acceptors (Lipinski definition) is 1. The monoisotopic (exact) mass is 256 g/mol. The molecule has 0 aliphatic carbocycles. The Morgan fingerprint density at radius 1 is 1.67 bits per heavy atom. The average molecular weight is 256 g/mol. The summed E-state index contributed by atoms with van der Waals surface area (Å²) in [6, 6.07) is 0. The fourth-order valence-corrected chi connectivity index (χ4v) is 0. The Balaban J connectivity index is 0. The molecular weight excluding hydrogens is 246 g/mol. The third-order valence-corrected chi connectivity index (χ3v) is 0.540. The maximum Gasteiger partial charge on any atom is 0 e. The molecule has 0 amide bonds. The molecule has 0 aromatic rings. The molecule has 0 N–H and O–H groups in total. The van der Waals surface area contributed by atoms with Crippen LogP contribution in [0, 0.1) is 7.05 Å². The molecule has 0 radical (unpaired) electrons. The number of rotatable bonds is 1. The van der Waals surface area contributed by atoms with Gasteiger partial charge in [0.2, 0.25) is 0 Å². The summed E-state index contributed by atoms with van der Waals surface area (Å²) in [6.07, 6.45) is 0. The van der Waals surface area contributed by atoms with Crippen molar-refractivity contribution in [2.24, 2.45) is 0 Å². The molecule has 0 saturated heterocycles. The van der Waals surface area contributed by atoms with Crippen LogP contribution in [0.3, 0.4) is 0 Å². The smallest absolute Gasteiger partial charge is 0 e. The van der Waals surface area contributed by atoms with E-state index in [0.29, 0.717) is 0 Å². The second-order valence-corrected chi connectivity index (χ2v) is 1.17. The van der Waals surface area contributed by atoms with Crippen molar-refractivity contribution in [3.05, 3.63) is 7.05 Å². The van der Waals surface area contributed by atoms with E-state index < -0.39 is 0 Å². The zero-order valence-electron chi connectivity index (χ0n) is 4.27. The topological polar surface area (TPSA) is 3.24 Å². The van der Waals surface area contributed by atoms with Gasteiger partial charge >= 0.3 is 0 Å². The van der Waals surface area contributed by atoms with Gasteiger partial charge in [-0.1, -0.05) is 6.92 Å². The third-order valence-electron chi connectivity index (χ3n) is 0.540. The summed E-state index contributed by atoms with van der Waals surface area (Å²) in [6.45, 7) is 3.09. The molecule has 2 heteroatoms. The zero-order chi connectivity index (χ0) is 4.28. The van der Waals surface area contributed by atoms with E-state index in [-0.39, 0.29) is 21.1 Å². The van der Waals surface area contributed by atoms with Gasteiger partial charge in [-0.05, 0) is 13.6 Å². The molecule has 1 nitrogen and oxygen atoms in total. The quantitative estimate of drug-likeness (QED) is 0.625. The van der Waals surface area contributed by atoms with Crippen LogP contribution in [0.4, 0.5) is 0 Å². The van der Waals surface area contributed by atoms with Crippen molar-refractivity contribution < 1.29 is 21.1 Å². The van der Waals surface area contributed by atoms with Gasteiger partial charge in [0.15, 0.2) is 0 Å². The minimum atomic E-state index is 0. The van der Waals surface area contributed by atoms with E-state index in [9.17, 15) is 0 Å². The predicted octanol–water partition coefficient (Wildman–Crippen LogP) is 0.727. The fourth-order valence-electron chi connectivity index (χ4n) is 0. The van der Waals surface area contributed by atoms with Gasteiger partial charge in [-0.3, -0.25) is 7.05 Å². The van der Waals surface area contributed by atoms with E-state index in [1.807, 2.05) is 11.9 Å². The van der Waals surface area contributed by atoms with Crippen molar-refractivity contribution >= 4 is 0 Å². The van der Waals surface area contributed by atoms with Crippen LogP contribution in [0.25, 0.3) is 0 Å². The third kappa shape index (κ3) is 8.82. The van der Waals surface area contributed by atoms with Crippen LogP contribution in [0.2, 0.25) is 0 Å². The van der Waals surface area contributed by atoms with E-state index in [4.69, 9.17) is 0 Å². The van der Waals surface area contributed by atoms with Crippen molar-refractivity contribution in [2.75, 3.05) is 13.6 Å². The summed E-state index contributed by atoms with van der Waals surface area (Å²) in [5, 5.41) is 0. The van der Waals surface area contributed by atoms with Crippen LogP contribution in [-0.2, 0) is 21.1 Å². The summed E-state index contributed by atoms with van der Waals surface area (Å²) in [5.74, 6) is 0. The van der Waals surface area contributed by atoms with Crippen molar-refractivity contribution in [2.45, 2.75) is 6.92 Å². The second-order valence-electron chi connectivity index (χ2n) is 1.17. The molecular formula is C4H10NW-. The van der Waals surface area contributed by atoms with E-state index >= 15 is 0 Å². The van der Waals surface area contributed by atoms with E-state index in [2.05, 4.69) is 14.0 Å². The molecule has 0 unspecified atom stereocenters. The molecule has 38 valence electrons.